The fourth-order valence-electron chi connectivity index (χ4n) is 2.23. The molecule has 0 bridgehead atoms. The maximum Gasteiger partial charge on any atom is 0.307 e. The Balaban J connectivity index is 2.07. The fourth-order valence-corrected chi connectivity index (χ4v) is 3.00. The highest BCUT2D eigenvalue weighted by Crippen LogP contribution is 2.25. The molecule has 1 fully saturated rings. The van der Waals surface area contributed by atoms with E-state index in [4.69, 9.17) is 15.2 Å². The van der Waals surface area contributed by atoms with Crippen LogP contribution in [0.15, 0.2) is 17.5 Å². The van der Waals surface area contributed by atoms with Crippen molar-refractivity contribution in [2.24, 2.45) is 5.73 Å². The number of amides is 1. The Hall–Kier alpha value is -1.44. The van der Waals surface area contributed by atoms with Gasteiger partial charge >= 0.3 is 5.97 Å². The third kappa shape index (κ3) is 4.03. The van der Waals surface area contributed by atoms with Crippen molar-refractivity contribution in [3.05, 3.63) is 22.4 Å². The number of nitrogens with one attached hydrogen (secondary N) is 1. The van der Waals surface area contributed by atoms with Crippen LogP contribution in [0.25, 0.3) is 0 Å². The molecule has 1 unspecified atom stereocenters. The maximum atomic E-state index is 12.5. The van der Waals surface area contributed by atoms with E-state index in [1.54, 1.807) is 0 Å². The summed E-state index contributed by atoms with van der Waals surface area (Å²) in [6.45, 7) is 0.954. The summed E-state index contributed by atoms with van der Waals surface area (Å²) >= 11 is 1.48. The van der Waals surface area contributed by atoms with Gasteiger partial charge in [0.1, 0.15) is 0 Å². The number of thiophene rings is 1. The van der Waals surface area contributed by atoms with Crippen LogP contribution in [0.5, 0.6) is 0 Å². The van der Waals surface area contributed by atoms with E-state index in [1.807, 2.05) is 17.5 Å². The molecule has 0 aliphatic carbocycles. The summed E-state index contributed by atoms with van der Waals surface area (Å²) in [5.41, 5.74) is 5.24. The van der Waals surface area contributed by atoms with E-state index in [1.165, 1.54) is 18.4 Å². The third-order valence-corrected chi connectivity index (χ3v) is 4.61. The van der Waals surface area contributed by atoms with E-state index in [2.05, 4.69) is 5.32 Å². The van der Waals surface area contributed by atoms with E-state index < -0.39 is 11.6 Å². The van der Waals surface area contributed by atoms with Gasteiger partial charge in [0.2, 0.25) is 5.91 Å². The molecule has 0 spiro atoms. The van der Waals surface area contributed by atoms with Crippen LogP contribution in [0, 0.1) is 0 Å². The van der Waals surface area contributed by atoms with Gasteiger partial charge in [-0.25, -0.2) is 0 Å². The fraction of sp³-hybridized carbons (Fsp3) is 0.571. The Morgan fingerprint density at radius 1 is 1.52 bits per heavy atom. The van der Waals surface area contributed by atoms with Gasteiger partial charge in [0.05, 0.1) is 25.1 Å². The van der Waals surface area contributed by atoms with Crippen LogP contribution in [-0.4, -0.2) is 37.7 Å². The standard InChI is InChI=1S/C14H20N2O4S/c1-19-12(17)9-10(11-3-2-8-21-11)16-13(18)14(15)4-6-20-7-5-14/h2-3,8,10H,4-7,9,15H2,1H3,(H,16,18). The van der Waals surface area contributed by atoms with Gasteiger partial charge in [-0.3, -0.25) is 9.59 Å². The van der Waals surface area contributed by atoms with Crippen LogP contribution in [0.2, 0.25) is 0 Å². The zero-order valence-electron chi connectivity index (χ0n) is 12.0. The summed E-state index contributed by atoms with van der Waals surface area (Å²) in [7, 11) is 1.33. The Morgan fingerprint density at radius 3 is 2.81 bits per heavy atom. The van der Waals surface area contributed by atoms with Crippen molar-refractivity contribution in [2.45, 2.75) is 30.8 Å². The van der Waals surface area contributed by atoms with Crippen LogP contribution >= 0.6 is 11.3 Å². The number of hydrogen-bond donors (Lipinski definition) is 2. The summed E-state index contributed by atoms with van der Waals surface area (Å²) in [4.78, 5) is 24.9. The first-order valence-electron chi connectivity index (χ1n) is 6.83. The molecule has 1 saturated heterocycles. The number of rotatable bonds is 5. The topological polar surface area (TPSA) is 90.7 Å². The van der Waals surface area contributed by atoms with Crippen molar-refractivity contribution in [1.82, 2.24) is 5.32 Å². The molecule has 1 aliphatic rings. The molecule has 1 aromatic rings. The lowest BCUT2D eigenvalue weighted by atomic mass is 9.90. The van der Waals surface area contributed by atoms with Gasteiger partial charge in [0, 0.05) is 18.1 Å². The summed E-state index contributed by atoms with van der Waals surface area (Å²) in [6.07, 6.45) is 1.05. The second-order valence-electron chi connectivity index (χ2n) is 5.09. The molecular formula is C14H20N2O4S. The minimum atomic E-state index is -0.927. The van der Waals surface area contributed by atoms with Gasteiger partial charge in [-0.2, -0.15) is 0 Å². The first-order chi connectivity index (χ1) is 10.0. The molecule has 1 aromatic heterocycles. The monoisotopic (exact) mass is 312 g/mol. The molecule has 21 heavy (non-hydrogen) atoms. The average Bonchev–Trinajstić information content (AvgIpc) is 3.01. The van der Waals surface area contributed by atoms with Gasteiger partial charge in [0.15, 0.2) is 0 Å². The molecule has 0 aromatic carbocycles. The van der Waals surface area contributed by atoms with Crippen molar-refractivity contribution in [3.8, 4) is 0 Å². The summed E-state index contributed by atoms with van der Waals surface area (Å²) in [5.74, 6) is -0.611. The average molecular weight is 312 g/mol. The predicted octanol–water partition coefficient (Wildman–Crippen LogP) is 0.976. The smallest absolute Gasteiger partial charge is 0.307 e. The number of ether oxygens (including phenoxy) is 2. The number of carbonyl (C=O) groups is 2. The summed E-state index contributed by atoms with van der Waals surface area (Å²) < 4.78 is 9.94. The normalized spacial score (nSPS) is 18.8. The molecule has 0 radical (unpaired) electrons. The Bertz CT molecular complexity index is 483. The van der Waals surface area contributed by atoms with E-state index in [-0.39, 0.29) is 18.3 Å². The predicted molar refractivity (Wildman–Crippen MR) is 78.8 cm³/mol. The zero-order valence-corrected chi connectivity index (χ0v) is 12.8. The van der Waals surface area contributed by atoms with Crippen molar-refractivity contribution in [3.63, 3.8) is 0 Å². The quantitative estimate of drug-likeness (QED) is 0.791. The van der Waals surface area contributed by atoms with Gasteiger partial charge in [0.25, 0.3) is 0 Å². The first kappa shape index (κ1) is 15.9. The lowest BCUT2D eigenvalue weighted by Gasteiger charge is -2.33. The number of esters is 1. The number of carbonyl (C=O) groups excluding carboxylic acids is 2. The van der Waals surface area contributed by atoms with Gasteiger partial charge in [-0.05, 0) is 24.3 Å². The van der Waals surface area contributed by atoms with Gasteiger partial charge in [-0.1, -0.05) is 6.07 Å². The summed E-state index contributed by atoms with van der Waals surface area (Å²) in [5, 5.41) is 4.79. The largest absolute Gasteiger partial charge is 0.469 e. The second kappa shape index (κ2) is 7.02. The highest BCUT2D eigenvalue weighted by molar-refractivity contribution is 7.10. The molecular weight excluding hydrogens is 292 g/mol. The lowest BCUT2D eigenvalue weighted by Crippen LogP contribution is -2.57. The van der Waals surface area contributed by atoms with E-state index in [0.717, 1.165) is 4.88 Å². The van der Waals surface area contributed by atoms with Gasteiger partial charge < -0.3 is 20.5 Å². The second-order valence-corrected chi connectivity index (χ2v) is 6.07. The van der Waals surface area contributed by atoms with E-state index in [0.29, 0.717) is 26.1 Å². The minimum Gasteiger partial charge on any atom is -0.469 e. The molecule has 1 aliphatic heterocycles. The SMILES string of the molecule is COC(=O)CC(NC(=O)C1(N)CCOCC1)c1cccs1. The highest BCUT2D eigenvalue weighted by atomic mass is 32.1. The number of hydrogen-bond acceptors (Lipinski definition) is 6. The summed E-state index contributed by atoms with van der Waals surface area (Å²) in [6, 6.07) is 3.35. The van der Waals surface area contributed by atoms with Crippen molar-refractivity contribution in [2.75, 3.05) is 20.3 Å². The first-order valence-corrected chi connectivity index (χ1v) is 7.71. The molecule has 116 valence electrons. The third-order valence-electron chi connectivity index (χ3n) is 3.63. The number of nitrogens with two attached hydrogens (primary N) is 1. The van der Waals surface area contributed by atoms with E-state index in [9.17, 15) is 9.59 Å². The molecule has 7 heteroatoms. The van der Waals surface area contributed by atoms with Crippen LogP contribution in [0.1, 0.15) is 30.2 Å². The molecule has 2 heterocycles. The Labute approximate surface area is 127 Å². The molecule has 1 amide bonds. The minimum absolute atomic E-state index is 0.0926. The Kier molecular flexibility index (Phi) is 5.33. The zero-order chi connectivity index (χ0) is 15.3. The highest BCUT2D eigenvalue weighted by Gasteiger charge is 2.37. The van der Waals surface area contributed by atoms with Gasteiger partial charge in [-0.15, -0.1) is 11.3 Å². The maximum absolute atomic E-state index is 12.5. The van der Waals surface area contributed by atoms with E-state index >= 15 is 0 Å². The van der Waals surface area contributed by atoms with Crippen molar-refractivity contribution < 1.29 is 19.1 Å². The van der Waals surface area contributed by atoms with Crippen LogP contribution in [0.4, 0.5) is 0 Å². The molecule has 2 rings (SSSR count). The van der Waals surface area contributed by atoms with Crippen LogP contribution in [0.3, 0.4) is 0 Å². The van der Waals surface area contributed by atoms with Crippen molar-refractivity contribution >= 4 is 23.2 Å². The van der Waals surface area contributed by atoms with Crippen molar-refractivity contribution in [1.29, 1.82) is 0 Å². The molecule has 3 N–H and O–H groups in total. The van der Waals surface area contributed by atoms with Crippen LogP contribution < -0.4 is 11.1 Å². The molecule has 0 saturated carbocycles. The lowest BCUT2D eigenvalue weighted by molar-refractivity contribution is -0.141. The Morgan fingerprint density at radius 2 is 2.24 bits per heavy atom. The number of methoxy groups -OCH3 is 1. The molecule has 6 nitrogen and oxygen atoms in total. The molecule has 1 atom stereocenters. The van der Waals surface area contributed by atoms with Crippen LogP contribution in [-0.2, 0) is 19.1 Å².